The second-order valence-corrected chi connectivity index (χ2v) is 6.02. The van der Waals surface area contributed by atoms with Crippen molar-refractivity contribution in [1.82, 2.24) is 4.98 Å². The maximum Gasteiger partial charge on any atom is 0.161 e. The minimum absolute atomic E-state index is 0.432. The summed E-state index contributed by atoms with van der Waals surface area (Å²) in [7, 11) is 2.04. The molecule has 6 heteroatoms. The lowest BCUT2D eigenvalue weighted by molar-refractivity contribution is 0.320. The Morgan fingerprint density at radius 3 is 2.63 bits per heavy atom. The molecule has 3 N–H and O–H groups in total. The van der Waals surface area contributed by atoms with Gasteiger partial charge in [0.15, 0.2) is 5.82 Å². The minimum Gasteiger partial charge on any atom is -0.355 e. The number of rotatable bonds is 3. The van der Waals surface area contributed by atoms with Crippen molar-refractivity contribution in [3.05, 3.63) is 16.1 Å². The highest BCUT2D eigenvalue weighted by Gasteiger charge is 2.27. The molecule has 1 heterocycles. The lowest BCUT2D eigenvalue weighted by Gasteiger charge is -2.37. The number of nitrogens with one attached hydrogen (secondary N) is 1. The summed E-state index contributed by atoms with van der Waals surface area (Å²) >= 11 is 12.3. The topological polar surface area (TPSA) is 54.2 Å². The molecule has 4 nitrogen and oxygen atoms in total. The molecule has 0 aromatic carbocycles. The van der Waals surface area contributed by atoms with Crippen LogP contribution in [0.2, 0.25) is 10.0 Å². The maximum absolute atomic E-state index is 6.26. The van der Waals surface area contributed by atoms with E-state index in [0.29, 0.717) is 27.8 Å². The Labute approximate surface area is 124 Å². The summed E-state index contributed by atoms with van der Waals surface area (Å²) in [6.07, 6.45) is 4.99. The first-order valence-corrected chi connectivity index (χ1v) is 7.35. The zero-order valence-corrected chi connectivity index (χ0v) is 12.8. The molecule has 1 aromatic rings. The second kappa shape index (κ2) is 6.16. The number of hydrazine groups is 1. The van der Waals surface area contributed by atoms with E-state index in [4.69, 9.17) is 29.0 Å². The van der Waals surface area contributed by atoms with Crippen LogP contribution in [0.15, 0.2) is 6.07 Å². The molecule has 1 saturated carbocycles. The van der Waals surface area contributed by atoms with Crippen LogP contribution in [0.1, 0.15) is 32.6 Å². The van der Waals surface area contributed by atoms with Gasteiger partial charge in [-0.3, -0.25) is 0 Å². The number of hydrogen-bond acceptors (Lipinski definition) is 4. The molecular formula is C13H20Cl2N4. The maximum atomic E-state index is 6.26. The van der Waals surface area contributed by atoms with Crippen molar-refractivity contribution in [2.24, 2.45) is 11.8 Å². The predicted octanol–water partition coefficient (Wildman–Crippen LogP) is 3.69. The van der Waals surface area contributed by atoms with E-state index in [9.17, 15) is 0 Å². The molecule has 2 atom stereocenters. The van der Waals surface area contributed by atoms with E-state index in [1.165, 1.54) is 25.7 Å². The van der Waals surface area contributed by atoms with Gasteiger partial charge in [-0.15, -0.1) is 0 Å². The number of hydrogen-bond donors (Lipinski definition) is 2. The Balaban J connectivity index is 2.29. The van der Waals surface area contributed by atoms with Gasteiger partial charge in [0.25, 0.3) is 0 Å². The highest BCUT2D eigenvalue weighted by Crippen LogP contribution is 2.35. The lowest BCUT2D eigenvalue weighted by atomic mass is 9.85. The van der Waals surface area contributed by atoms with Gasteiger partial charge >= 0.3 is 0 Å². The summed E-state index contributed by atoms with van der Waals surface area (Å²) in [5.74, 6) is 7.25. The summed E-state index contributed by atoms with van der Waals surface area (Å²) in [4.78, 5) is 6.58. The van der Waals surface area contributed by atoms with Gasteiger partial charge in [-0.25, -0.2) is 10.8 Å². The quantitative estimate of drug-likeness (QED) is 0.660. The Morgan fingerprint density at radius 2 is 2.00 bits per heavy atom. The van der Waals surface area contributed by atoms with Crippen LogP contribution in [0.5, 0.6) is 0 Å². The molecule has 1 aliphatic carbocycles. The van der Waals surface area contributed by atoms with Crippen LogP contribution in [0, 0.1) is 5.92 Å². The standard InChI is InChI=1S/C13H20Cl2N4/c1-8-5-3-4-6-11(8)19(2)13-10(15)7-9(14)12(17-13)18-16/h7-8,11H,3-6,16H2,1-2H3,(H,17,18). The zero-order valence-electron chi connectivity index (χ0n) is 11.3. The fraction of sp³-hybridized carbons (Fsp3) is 0.615. The molecule has 1 aliphatic rings. The molecule has 1 aromatic heterocycles. The van der Waals surface area contributed by atoms with Crippen molar-refractivity contribution in [2.75, 3.05) is 17.4 Å². The molecule has 0 saturated heterocycles. The third-order valence-corrected chi connectivity index (χ3v) is 4.51. The Kier molecular flexibility index (Phi) is 4.76. The van der Waals surface area contributed by atoms with Gasteiger partial charge < -0.3 is 10.3 Å². The van der Waals surface area contributed by atoms with Crippen LogP contribution >= 0.6 is 23.2 Å². The molecule has 0 radical (unpaired) electrons. The van der Waals surface area contributed by atoms with E-state index in [1.54, 1.807) is 6.07 Å². The minimum atomic E-state index is 0.432. The van der Waals surface area contributed by atoms with Crippen LogP contribution < -0.4 is 16.2 Å². The molecule has 106 valence electrons. The van der Waals surface area contributed by atoms with Crippen LogP contribution in [0.25, 0.3) is 0 Å². The number of anilines is 2. The summed E-state index contributed by atoms with van der Waals surface area (Å²) in [5.41, 5.74) is 2.50. The van der Waals surface area contributed by atoms with Crippen molar-refractivity contribution >= 4 is 34.8 Å². The van der Waals surface area contributed by atoms with Crippen LogP contribution in [0.4, 0.5) is 11.6 Å². The SMILES string of the molecule is CC1CCCCC1N(C)c1nc(NN)c(Cl)cc1Cl. The zero-order chi connectivity index (χ0) is 14.0. The average Bonchev–Trinajstić information content (AvgIpc) is 2.39. The van der Waals surface area contributed by atoms with E-state index in [1.807, 2.05) is 7.05 Å². The van der Waals surface area contributed by atoms with Crippen molar-refractivity contribution in [2.45, 2.75) is 38.6 Å². The van der Waals surface area contributed by atoms with Crippen LogP contribution in [-0.4, -0.2) is 18.1 Å². The third kappa shape index (κ3) is 3.07. The Bertz CT molecular complexity index is 453. The first kappa shape index (κ1) is 14.7. The van der Waals surface area contributed by atoms with E-state index in [2.05, 4.69) is 22.2 Å². The van der Waals surface area contributed by atoms with E-state index < -0.39 is 0 Å². The van der Waals surface area contributed by atoms with Gasteiger partial charge in [-0.05, 0) is 24.8 Å². The third-order valence-electron chi connectivity index (χ3n) is 3.95. The number of halogens is 2. The number of nitrogens with two attached hydrogens (primary N) is 1. The van der Waals surface area contributed by atoms with Crippen molar-refractivity contribution in [1.29, 1.82) is 0 Å². The summed E-state index contributed by atoms with van der Waals surface area (Å²) in [6, 6.07) is 2.15. The normalized spacial score (nSPS) is 23.2. The molecule has 19 heavy (non-hydrogen) atoms. The van der Waals surface area contributed by atoms with Gasteiger partial charge in [-0.2, -0.15) is 0 Å². The van der Waals surface area contributed by atoms with Crippen molar-refractivity contribution < 1.29 is 0 Å². The highest BCUT2D eigenvalue weighted by molar-refractivity contribution is 6.37. The number of nitrogens with zero attached hydrogens (tertiary/aromatic N) is 2. The van der Waals surface area contributed by atoms with Gasteiger partial charge in [-0.1, -0.05) is 43.0 Å². The van der Waals surface area contributed by atoms with Crippen molar-refractivity contribution in [3.8, 4) is 0 Å². The van der Waals surface area contributed by atoms with Crippen LogP contribution in [0.3, 0.4) is 0 Å². The van der Waals surface area contributed by atoms with E-state index in [0.717, 1.165) is 5.82 Å². The van der Waals surface area contributed by atoms with Crippen LogP contribution in [-0.2, 0) is 0 Å². The van der Waals surface area contributed by atoms with Gasteiger partial charge in [0, 0.05) is 13.1 Å². The second-order valence-electron chi connectivity index (χ2n) is 5.21. The van der Waals surface area contributed by atoms with E-state index in [-0.39, 0.29) is 0 Å². The number of nitrogen functional groups attached to an aromatic ring is 1. The van der Waals surface area contributed by atoms with Gasteiger partial charge in [0.05, 0.1) is 10.0 Å². The highest BCUT2D eigenvalue weighted by atomic mass is 35.5. The molecule has 1 fully saturated rings. The summed E-state index contributed by atoms with van der Waals surface area (Å²) in [5, 5.41) is 0.991. The monoisotopic (exact) mass is 302 g/mol. The lowest BCUT2D eigenvalue weighted by Crippen LogP contribution is -2.39. The molecule has 0 amide bonds. The van der Waals surface area contributed by atoms with Crippen molar-refractivity contribution in [3.63, 3.8) is 0 Å². The largest absolute Gasteiger partial charge is 0.355 e. The van der Waals surface area contributed by atoms with E-state index >= 15 is 0 Å². The number of pyridine rings is 1. The molecule has 2 rings (SSSR count). The summed E-state index contributed by atoms with van der Waals surface area (Å²) < 4.78 is 0. The molecule has 2 unspecified atom stereocenters. The molecule has 0 spiro atoms. The first-order valence-electron chi connectivity index (χ1n) is 6.60. The average molecular weight is 303 g/mol. The Morgan fingerprint density at radius 1 is 1.32 bits per heavy atom. The predicted molar refractivity (Wildman–Crippen MR) is 81.9 cm³/mol. The fourth-order valence-corrected chi connectivity index (χ4v) is 3.38. The fourth-order valence-electron chi connectivity index (χ4n) is 2.83. The molecular weight excluding hydrogens is 283 g/mol. The van der Waals surface area contributed by atoms with Gasteiger partial charge in [0.1, 0.15) is 5.82 Å². The Hall–Kier alpha value is -0.710. The van der Waals surface area contributed by atoms with Gasteiger partial charge in [0.2, 0.25) is 0 Å². The molecule has 0 aliphatic heterocycles. The number of aromatic nitrogens is 1. The smallest absolute Gasteiger partial charge is 0.161 e. The molecule has 0 bridgehead atoms. The first-order chi connectivity index (χ1) is 9.04. The summed E-state index contributed by atoms with van der Waals surface area (Å²) in [6.45, 7) is 2.28.